The molecule has 0 radical (unpaired) electrons. The molecule has 0 amide bonds. The fourth-order valence-corrected chi connectivity index (χ4v) is 2.74. The number of nitrogens with one attached hydrogen (secondary N) is 1. The molecule has 0 aliphatic heterocycles. The van der Waals surface area contributed by atoms with E-state index in [1.165, 1.54) is 0 Å². The second-order valence-corrected chi connectivity index (χ2v) is 5.10. The van der Waals surface area contributed by atoms with E-state index in [-0.39, 0.29) is 18.4 Å². The van der Waals surface area contributed by atoms with Gasteiger partial charge in [-0.2, -0.15) is 0 Å². The first-order valence-corrected chi connectivity index (χ1v) is 6.84. The molecular weight excluding hydrogens is 250 g/mol. The van der Waals surface area contributed by atoms with E-state index in [9.17, 15) is 9.90 Å². The van der Waals surface area contributed by atoms with Gasteiger partial charge in [-0.25, -0.2) is 0 Å². The Hall–Kier alpha value is -1.97. The smallest absolute Gasteiger partial charge is 0.176 e. The maximum Gasteiger partial charge on any atom is 0.176 e. The largest absolute Gasteiger partial charge is 0.388 e. The minimum atomic E-state index is -0.435. The summed E-state index contributed by atoms with van der Waals surface area (Å²) in [5.74, 6) is 0.0736. The van der Waals surface area contributed by atoms with Crippen molar-refractivity contribution in [3.8, 4) is 0 Å². The highest BCUT2D eigenvalue weighted by Crippen LogP contribution is 2.38. The van der Waals surface area contributed by atoms with E-state index in [2.05, 4.69) is 5.32 Å². The SMILES string of the molecule is O=C(CNC1CC(O)c2ccccc21)c1ccccc1. The zero-order valence-electron chi connectivity index (χ0n) is 11.1. The van der Waals surface area contributed by atoms with Crippen LogP contribution < -0.4 is 5.32 Å². The van der Waals surface area contributed by atoms with Crippen LogP contribution in [0, 0.1) is 0 Å². The molecule has 0 fully saturated rings. The summed E-state index contributed by atoms with van der Waals surface area (Å²) in [6, 6.07) is 17.2. The van der Waals surface area contributed by atoms with Crippen LogP contribution in [0.3, 0.4) is 0 Å². The molecule has 3 rings (SSSR count). The zero-order chi connectivity index (χ0) is 13.9. The minimum Gasteiger partial charge on any atom is -0.388 e. The van der Waals surface area contributed by atoms with E-state index in [1.54, 1.807) is 0 Å². The standard InChI is InChI=1S/C17H17NO2/c19-16-10-15(13-8-4-5-9-14(13)16)18-11-17(20)12-6-2-1-3-7-12/h1-9,15-16,18-19H,10-11H2. The van der Waals surface area contributed by atoms with Gasteiger partial charge >= 0.3 is 0 Å². The predicted octanol–water partition coefficient (Wildman–Crippen LogP) is 2.64. The average Bonchev–Trinajstić information content (AvgIpc) is 2.83. The van der Waals surface area contributed by atoms with Crippen molar-refractivity contribution in [1.29, 1.82) is 0 Å². The first-order valence-electron chi connectivity index (χ1n) is 6.84. The third-order valence-electron chi connectivity index (χ3n) is 3.79. The summed E-state index contributed by atoms with van der Waals surface area (Å²) in [6.45, 7) is 0.287. The van der Waals surface area contributed by atoms with Crippen molar-refractivity contribution in [3.63, 3.8) is 0 Å². The summed E-state index contributed by atoms with van der Waals surface area (Å²) >= 11 is 0. The van der Waals surface area contributed by atoms with Crippen LogP contribution >= 0.6 is 0 Å². The number of ketones is 1. The minimum absolute atomic E-state index is 0.0499. The fourth-order valence-electron chi connectivity index (χ4n) is 2.74. The summed E-state index contributed by atoms with van der Waals surface area (Å²) in [7, 11) is 0. The fraction of sp³-hybridized carbons (Fsp3) is 0.235. The highest BCUT2D eigenvalue weighted by molar-refractivity contribution is 5.97. The molecular formula is C17H17NO2. The van der Waals surface area contributed by atoms with Crippen LogP contribution in [0.4, 0.5) is 0 Å². The van der Waals surface area contributed by atoms with Gasteiger partial charge in [0.2, 0.25) is 0 Å². The van der Waals surface area contributed by atoms with Crippen LogP contribution in [0.25, 0.3) is 0 Å². The molecule has 0 bridgehead atoms. The van der Waals surface area contributed by atoms with Gasteiger partial charge in [0, 0.05) is 11.6 Å². The van der Waals surface area contributed by atoms with Gasteiger partial charge in [0.15, 0.2) is 5.78 Å². The molecule has 3 nitrogen and oxygen atoms in total. The molecule has 3 heteroatoms. The lowest BCUT2D eigenvalue weighted by Crippen LogP contribution is -2.26. The van der Waals surface area contributed by atoms with Crippen molar-refractivity contribution in [2.75, 3.05) is 6.54 Å². The van der Waals surface area contributed by atoms with Gasteiger partial charge in [0.1, 0.15) is 0 Å². The van der Waals surface area contributed by atoms with Crippen LogP contribution in [0.15, 0.2) is 54.6 Å². The molecule has 0 saturated heterocycles. The number of benzene rings is 2. The van der Waals surface area contributed by atoms with Gasteiger partial charge in [-0.05, 0) is 17.5 Å². The molecule has 20 heavy (non-hydrogen) atoms. The van der Waals surface area contributed by atoms with Crippen molar-refractivity contribution in [1.82, 2.24) is 5.32 Å². The molecule has 2 aromatic carbocycles. The average molecular weight is 267 g/mol. The Morgan fingerprint density at radius 1 is 1.05 bits per heavy atom. The van der Waals surface area contributed by atoms with Crippen molar-refractivity contribution < 1.29 is 9.90 Å². The number of rotatable bonds is 4. The monoisotopic (exact) mass is 267 g/mol. The van der Waals surface area contributed by atoms with Crippen molar-refractivity contribution >= 4 is 5.78 Å². The van der Waals surface area contributed by atoms with Crippen LogP contribution in [-0.2, 0) is 0 Å². The quantitative estimate of drug-likeness (QED) is 0.837. The number of hydrogen-bond acceptors (Lipinski definition) is 3. The molecule has 0 spiro atoms. The number of aliphatic hydroxyl groups is 1. The molecule has 2 aromatic rings. The molecule has 0 aromatic heterocycles. The maximum atomic E-state index is 12.1. The molecule has 2 unspecified atom stereocenters. The molecule has 102 valence electrons. The lowest BCUT2D eigenvalue weighted by molar-refractivity contribution is 0.0982. The maximum absolute atomic E-state index is 12.1. The van der Waals surface area contributed by atoms with Crippen molar-refractivity contribution in [2.45, 2.75) is 18.6 Å². The Balaban J connectivity index is 1.67. The third kappa shape index (κ3) is 2.50. The van der Waals surface area contributed by atoms with Crippen molar-refractivity contribution in [3.05, 3.63) is 71.3 Å². The summed E-state index contributed by atoms with van der Waals surface area (Å²) in [5, 5.41) is 13.3. The molecule has 0 heterocycles. The van der Waals surface area contributed by atoms with Gasteiger partial charge in [0.05, 0.1) is 12.6 Å². The summed E-state index contributed by atoms with van der Waals surface area (Å²) < 4.78 is 0. The van der Waals surface area contributed by atoms with Gasteiger partial charge in [-0.1, -0.05) is 54.6 Å². The topological polar surface area (TPSA) is 49.3 Å². The summed E-state index contributed by atoms with van der Waals surface area (Å²) in [4.78, 5) is 12.1. The number of fused-ring (bicyclic) bond motifs is 1. The van der Waals surface area contributed by atoms with Gasteiger partial charge in [-0.3, -0.25) is 4.79 Å². The Kier molecular flexibility index (Phi) is 3.63. The Bertz CT molecular complexity index is 609. The number of hydrogen-bond donors (Lipinski definition) is 2. The van der Waals surface area contributed by atoms with Gasteiger partial charge < -0.3 is 10.4 Å². The lowest BCUT2D eigenvalue weighted by Gasteiger charge is -2.13. The molecule has 1 aliphatic carbocycles. The lowest BCUT2D eigenvalue weighted by atomic mass is 10.1. The number of Topliss-reactive ketones (excluding diaryl/α,β-unsaturated/α-hetero) is 1. The van der Waals surface area contributed by atoms with E-state index in [4.69, 9.17) is 0 Å². The van der Waals surface area contributed by atoms with E-state index in [0.29, 0.717) is 12.0 Å². The molecule has 2 N–H and O–H groups in total. The second kappa shape index (κ2) is 5.57. The van der Waals surface area contributed by atoms with Crippen LogP contribution in [-0.4, -0.2) is 17.4 Å². The Morgan fingerprint density at radius 3 is 2.45 bits per heavy atom. The third-order valence-corrected chi connectivity index (χ3v) is 3.79. The van der Waals surface area contributed by atoms with Gasteiger partial charge in [-0.15, -0.1) is 0 Å². The van der Waals surface area contributed by atoms with Crippen LogP contribution in [0.2, 0.25) is 0 Å². The summed E-state index contributed by atoms with van der Waals surface area (Å²) in [6.07, 6.45) is 0.192. The van der Waals surface area contributed by atoms with E-state index in [1.807, 2.05) is 54.6 Å². The Morgan fingerprint density at radius 2 is 1.70 bits per heavy atom. The zero-order valence-corrected chi connectivity index (χ0v) is 11.1. The van der Waals surface area contributed by atoms with E-state index < -0.39 is 6.10 Å². The molecule has 2 atom stereocenters. The van der Waals surface area contributed by atoms with Crippen molar-refractivity contribution in [2.24, 2.45) is 0 Å². The van der Waals surface area contributed by atoms with Gasteiger partial charge in [0.25, 0.3) is 0 Å². The van der Waals surface area contributed by atoms with Crippen LogP contribution in [0.1, 0.15) is 40.1 Å². The highest BCUT2D eigenvalue weighted by Gasteiger charge is 2.29. The Labute approximate surface area is 118 Å². The highest BCUT2D eigenvalue weighted by atomic mass is 16.3. The van der Waals surface area contributed by atoms with Crippen LogP contribution in [0.5, 0.6) is 0 Å². The normalized spacial score (nSPS) is 20.6. The number of carbonyl (C=O) groups is 1. The van der Waals surface area contributed by atoms with E-state index >= 15 is 0 Å². The molecule has 0 saturated carbocycles. The number of aliphatic hydroxyl groups excluding tert-OH is 1. The second-order valence-electron chi connectivity index (χ2n) is 5.10. The predicted molar refractivity (Wildman–Crippen MR) is 77.5 cm³/mol. The first-order chi connectivity index (χ1) is 9.75. The summed E-state index contributed by atoms with van der Waals surface area (Å²) in [5.41, 5.74) is 2.78. The van der Waals surface area contributed by atoms with E-state index in [0.717, 1.165) is 11.1 Å². The molecule has 1 aliphatic rings. The first kappa shape index (κ1) is 13.0. The number of carbonyl (C=O) groups excluding carboxylic acids is 1.